The second-order valence-electron chi connectivity index (χ2n) is 3.07. The van der Waals surface area contributed by atoms with Crippen molar-refractivity contribution < 1.29 is 4.79 Å². The highest BCUT2D eigenvalue weighted by Gasteiger charge is 2.45. The normalized spacial score (nSPS) is 48.6. The molecule has 0 saturated heterocycles. The predicted molar refractivity (Wildman–Crippen MR) is 35.5 cm³/mol. The summed E-state index contributed by atoms with van der Waals surface area (Å²) in [5, 5.41) is -0.122. The van der Waals surface area contributed by atoms with Gasteiger partial charge in [0.1, 0.15) is 0 Å². The average molecular weight is 145 g/mol. The molecule has 2 bridgehead atoms. The zero-order valence-corrected chi connectivity index (χ0v) is 5.90. The molecule has 9 heavy (non-hydrogen) atoms. The van der Waals surface area contributed by atoms with Gasteiger partial charge in [-0.1, -0.05) is 0 Å². The van der Waals surface area contributed by atoms with Gasteiger partial charge < -0.3 is 0 Å². The lowest BCUT2D eigenvalue weighted by atomic mass is 9.99. The largest absolute Gasteiger partial charge is 0.298 e. The maximum atomic E-state index is 11.0. The maximum Gasteiger partial charge on any atom is 0.154 e. The van der Waals surface area contributed by atoms with E-state index in [1.54, 1.807) is 0 Å². The summed E-state index contributed by atoms with van der Waals surface area (Å²) < 4.78 is 0. The van der Waals surface area contributed by atoms with Crippen molar-refractivity contribution in [2.24, 2.45) is 11.8 Å². The van der Waals surface area contributed by atoms with Crippen LogP contribution >= 0.6 is 11.6 Å². The average Bonchev–Trinajstić information content (AvgIpc) is 2.37. The summed E-state index contributed by atoms with van der Waals surface area (Å²) >= 11 is 5.81. The summed E-state index contributed by atoms with van der Waals surface area (Å²) in [5.41, 5.74) is 0. The van der Waals surface area contributed by atoms with Crippen molar-refractivity contribution in [2.45, 2.75) is 24.6 Å². The number of hydrogen-bond acceptors (Lipinski definition) is 1. The zero-order chi connectivity index (χ0) is 6.43. The first-order valence-corrected chi connectivity index (χ1v) is 3.90. The molecule has 2 aliphatic rings. The number of carbonyl (C=O) groups is 1. The topological polar surface area (TPSA) is 17.1 Å². The molecule has 0 radical (unpaired) electrons. The second kappa shape index (κ2) is 1.72. The molecule has 2 saturated carbocycles. The summed E-state index contributed by atoms with van der Waals surface area (Å²) in [6.45, 7) is 0. The SMILES string of the molecule is O=C1[C@H]2CC[C@H](C2)[C@H]1Cl. The first-order valence-electron chi connectivity index (χ1n) is 3.47. The van der Waals surface area contributed by atoms with Gasteiger partial charge in [0.25, 0.3) is 0 Å². The molecule has 0 N–H and O–H groups in total. The first kappa shape index (κ1) is 5.72. The Labute approximate surface area is 59.4 Å². The highest BCUT2D eigenvalue weighted by molar-refractivity contribution is 6.32. The van der Waals surface area contributed by atoms with Crippen LogP contribution in [0.15, 0.2) is 0 Å². The van der Waals surface area contributed by atoms with Gasteiger partial charge in [-0.3, -0.25) is 4.79 Å². The molecule has 50 valence electrons. The van der Waals surface area contributed by atoms with Crippen LogP contribution in [-0.2, 0) is 4.79 Å². The van der Waals surface area contributed by atoms with Gasteiger partial charge in [-0.25, -0.2) is 0 Å². The highest BCUT2D eigenvalue weighted by Crippen LogP contribution is 2.44. The molecule has 0 aromatic carbocycles. The Hall–Kier alpha value is -0.0400. The van der Waals surface area contributed by atoms with Crippen LogP contribution in [0.2, 0.25) is 0 Å². The molecule has 0 amide bonds. The van der Waals surface area contributed by atoms with Crippen LogP contribution in [0.5, 0.6) is 0 Å². The van der Waals surface area contributed by atoms with E-state index >= 15 is 0 Å². The zero-order valence-electron chi connectivity index (χ0n) is 5.14. The van der Waals surface area contributed by atoms with E-state index in [-0.39, 0.29) is 5.38 Å². The molecule has 0 aromatic heterocycles. The molecule has 2 heteroatoms. The van der Waals surface area contributed by atoms with E-state index in [4.69, 9.17) is 11.6 Å². The lowest BCUT2D eigenvalue weighted by molar-refractivity contribution is -0.121. The Balaban J connectivity index is 2.25. The van der Waals surface area contributed by atoms with Crippen LogP contribution in [-0.4, -0.2) is 11.2 Å². The fraction of sp³-hybridized carbons (Fsp3) is 0.857. The fourth-order valence-corrected chi connectivity index (χ4v) is 2.41. The minimum Gasteiger partial charge on any atom is -0.298 e. The summed E-state index contributed by atoms with van der Waals surface area (Å²) in [6, 6.07) is 0. The summed E-state index contributed by atoms with van der Waals surface area (Å²) in [5.74, 6) is 1.19. The van der Waals surface area contributed by atoms with Crippen molar-refractivity contribution >= 4 is 17.4 Å². The number of alkyl halides is 1. The smallest absolute Gasteiger partial charge is 0.154 e. The molecule has 0 spiro atoms. The van der Waals surface area contributed by atoms with Gasteiger partial charge in [-0.05, 0) is 25.2 Å². The molecule has 3 atom stereocenters. The van der Waals surface area contributed by atoms with E-state index in [0.29, 0.717) is 17.6 Å². The van der Waals surface area contributed by atoms with E-state index in [1.165, 1.54) is 6.42 Å². The third-order valence-electron chi connectivity index (χ3n) is 2.56. The van der Waals surface area contributed by atoms with Crippen molar-refractivity contribution in [3.8, 4) is 0 Å². The number of ketones is 1. The molecule has 0 aliphatic heterocycles. The van der Waals surface area contributed by atoms with Crippen LogP contribution < -0.4 is 0 Å². The minimum atomic E-state index is -0.122. The highest BCUT2D eigenvalue weighted by atomic mass is 35.5. The van der Waals surface area contributed by atoms with E-state index in [0.717, 1.165) is 12.8 Å². The number of fused-ring (bicyclic) bond motifs is 2. The molecule has 0 aromatic rings. The van der Waals surface area contributed by atoms with Crippen molar-refractivity contribution in [3.05, 3.63) is 0 Å². The van der Waals surface area contributed by atoms with Gasteiger partial charge in [-0.2, -0.15) is 0 Å². The standard InChI is InChI=1S/C7H9ClO/c8-6-4-1-2-5(3-4)7(6)9/h4-6H,1-3H2/t4-,5+,6-/m1/s1. The van der Waals surface area contributed by atoms with Crippen molar-refractivity contribution in [1.82, 2.24) is 0 Å². The summed E-state index contributed by atoms with van der Waals surface area (Å²) in [4.78, 5) is 11.0. The van der Waals surface area contributed by atoms with Gasteiger partial charge in [0.15, 0.2) is 5.78 Å². The van der Waals surface area contributed by atoms with Gasteiger partial charge >= 0.3 is 0 Å². The van der Waals surface area contributed by atoms with E-state index in [1.807, 2.05) is 0 Å². The fourth-order valence-electron chi connectivity index (χ4n) is 2.00. The molecular weight excluding hydrogens is 136 g/mol. The third kappa shape index (κ3) is 0.644. The summed E-state index contributed by atoms with van der Waals surface area (Å²) in [7, 11) is 0. The molecule has 2 aliphatic carbocycles. The van der Waals surface area contributed by atoms with Crippen LogP contribution in [0.3, 0.4) is 0 Å². The van der Waals surface area contributed by atoms with Crippen LogP contribution in [0, 0.1) is 11.8 Å². The minimum absolute atomic E-state index is 0.122. The number of Topliss-reactive ketones (excluding diaryl/α,β-unsaturated/α-hetero) is 1. The van der Waals surface area contributed by atoms with E-state index in [2.05, 4.69) is 0 Å². The number of hydrogen-bond donors (Lipinski definition) is 0. The second-order valence-corrected chi connectivity index (χ2v) is 3.54. The van der Waals surface area contributed by atoms with Crippen LogP contribution in [0.25, 0.3) is 0 Å². The van der Waals surface area contributed by atoms with E-state index in [9.17, 15) is 4.79 Å². The van der Waals surface area contributed by atoms with Crippen LogP contribution in [0.1, 0.15) is 19.3 Å². The first-order chi connectivity index (χ1) is 4.29. The number of rotatable bonds is 0. The number of carbonyl (C=O) groups excluding carboxylic acids is 1. The molecule has 0 heterocycles. The Morgan fingerprint density at radius 3 is 2.56 bits per heavy atom. The molecule has 0 unspecified atom stereocenters. The van der Waals surface area contributed by atoms with Gasteiger partial charge in [-0.15, -0.1) is 11.6 Å². The van der Waals surface area contributed by atoms with E-state index < -0.39 is 0 Å². The lowest BCUT2D eigenvalue weighted by Gasteiger charge is -2.12. The Bertz CT molecular complexity index is 151. The quantitative estimate of drug-likeness (QED) is 0.472. The lowest BCUT2D eigenvalue weighted by Crippen LogP contribution is -2.21. The van der Waals surface area contributed by atoms with Gasteiger partial charge in [0.05, 0.1) is 5.38 Å². The predicted octanol–water partition coefficient (Wildman–Crippen LogP) is 1.59. The van der Waals surface area contributed by atoms with Crippen molar-refractivity contribution in [3.63, 3.8) is 0 Å². The van der Waals surface area contributed by atoms with Crippen LogP contribution in [0.4, 0.5) is 0 Å². The number of halogens is 1. The molecule has 2 rings (SSSR count). The summed E-state index contributed by atoms with van der Waals surface area (Å²) in [6.07, 6.45) is 3.37. The Kier molecular flexibility index (Phi) is 1.10. The molecule has 1 nitrogen and oxygen atoms in total. The van der Waals surface area contributed by atoms with Gasteiger partial charge in [0.2, 0.25) is 0 Å². The molecular formula is C7H9ClO. The van der Waals surface area contributed by atoms with Crippen molar-refractivity contribution in [2.75, 3.05) is 0 Å². The van der Waals surface area contributed by atoms with Gasteiger partial charge in [0, 0.05) is 5.92 Å². The van der Waals surface area contributed by atoms with Crippen molar-refractivity contribution in [1.29, 1.82) is 0 Å². The Morgan fingerprint density at radius 1 is 1.44 bits per heavy atom. The molecule has 2 fully saturated rings. The third-order valence-corrected chi connectivity index (χ3v) is 3.13. The maximum absolute atomic E-state index is 11.0. The monoisotopic (exact) mass is 144 g/mol. The Morgan fingerprint density at radius 2 is 2.22 bits per heavy atom.